The number of hydrogen-bond donors (Lipinski definition) is 0. The van der Waals surface area contributed by atoms with Crippen molar-refractivity contribution < 1.29 is 4.43 Å². The summed E-state index contributed by atoms with van der Waals surface area (Å²) in [5.41, 5.74) is 6.59. The van der Waals surface area contributed by atoms with Crippen LogP contribution >= 0.6 is 0 Å². The minimum Gasteiger partial charge on any atom is -0.396 e. The Bertz CT molecular complexity index is 796. The highest BCUT2D eigenvalue weighted by molar-refractivity contribution is 6.84. The molecule has 2 rings (SSSR count). The quantitative estimate of drug-likeness (QED) is 0.351. The second kappa shape index (κ2) is 10.8. The van der Waals surface area contributed by atoms with Crippen molar-refractivity contribution in [3.8, 4) is 11.5 Å². The third kappa shape index (κ3) is 5.58. The van der Waals surface area contributed by atoms with Crippen LogP contribution < -0.4 is 0 Å². The van der Waals surface area contributed by atoms with E-state index in [1.54, 1.807) is 0 Å². The molecule has 0 aliphatic rings. The highest BCUT2D eigenvalue weighted by Crippen LogP contribution is 2.38. The summed E-state index contributed by atoms with van der Waals surface area (Å²) in [5, 5.41) is 8.92. The van der Waals surface area contributed by atoms with Crippen molar-refractivity contribution in [1.82, 2.24) is 15.0 Å². The average molecular weight is 412 g/mol. The topological polar surface area (TPSA) is 39.9 Å². The molecule has 0 radical (unpaired) electrons. The van der Waals surface area contributed by atoms with Crippen LogP contribution in [-0.2, 0) is 4.43 Å². The van der Waals surface area contributed by atoms with E-state index in [0.717, 1.165) is 25.0 Å². The number of benzene rings is 1. The largest absolute Gasteiger partial charge is 0.396 e. The Kier molecular flexibility index (Phi) is 8.67. The molecular formula is C24H37N3OSi. The molecule has 0 saturated carbocycles. The maximum atomic E-state index is 6.89. The lowest BCUT2D eigenvalue weighted by atomic mass is 10.1. The molecule has 1 aromatic heterocycles. The van der Waals surface area contributed by atoms with E-state index in [-0.39, 0.29) is 12.1 Å². The van der Waals surface area contributed by atoms with Gasteiger partial charge in [-0.2, -0.15) is 0 Å². The smallest absolute Gasteiger partial charge is 0.277 e. The van der Waals surface area contributed by atoms with E-state index in [4.69, 9.17) is 4.43 Å². The Morgan fingerprint density at radius 3 is 2.24 bits per heavy atom. The van der Waals surface area contributed by atoms with Gasteiger partial charge in [-0.3, -0.25) is 0 Å². The van der Waals surface area contributed by atoms with Gasteiger partial charge in [0.1, 0.15) is 5.69 Å². The molecule has 0 bridgehead atoms. The van der Waals surface area contributed by atoms with Crippen molar-refractivity contribution in [2.45, 2.75) is 91.0 Å². The molecule has 1 heterocycles. The number of nitrogens with zero attached hydrogens (tertiary/aromatic N) is 3. The van der Waals surface area contributed by atoms with E-state index in [1.165, 1.54) is 5.56 Å². The number of aromatic nitrogens is 3. The van der Waals surface area contributed by atoms with Gasteiger partial charge >= 0.3 is 0 Å². The SMILES string of the molecule is CCCC#C[Si](O[C@H](CC)c1cn([C@H](C)c2ccccc2)nn1)(C(C)C)C(C)C. The lowest BCUT2D eigenvalue weighted by Gasteiger charge is -2.36. The van der Waals surface area contributed by atoms with E-state index >= 15 is 0 Å². The van der Waals surface area contributed by atoms with E-state index in [9.17, 15) is 0 Å². The van der Waals surface area contributed by atoms with Gasteiger partial charge in [-0.25, -0.2) is 4.68 Å². The summed E-state index contributed by atoms with van der Waals surface area (Å²) in [4.78, 5) is 0. The van der Waals surface area contributed by atoms with Crippen LogP contribution in [0.1, 0.15) is 91.1 Å². The molecule has 1 aromatic carbocycles. The van der Waals surface area contributed by atoms with Gasteiger partial charge in [-0.1, -0.05) is 82.6 Å². The van der Waals surface area contributed by atoms with Crippen molar-refractivity contribution in [2.75, 3.05) is 0 Å². The second-order valence-electron chi connectivity index (χ2n) is 8.38. The first-order valence-electron chi connectivity index (χ1n) is 11.0. The normalized spacial score (nSPS) is 14.0. The molecule has 0 spiro atoms. The molecule has 0 amide bonds. The summed E-state index contributed by atoms with van der Waals surface area (Å²) in [6.45, 7) is 15.5. The lowest BCUT2D eigenvalue weighted by Crippen LogP contribution is -2.45. The Hall–Kier alpha value is -1.90. The first kappa shape index (κ1) is 23.4. The fraction of sp³-hybridized carbons (Fsp3) is 0.583. The Morgan fingerprint density at radius 2 is 1.69 bits per heavy atom. The van der Waals surface area contributed by atoms with E-state index in [1.807, 2.05) is 16.9 Å². The predicted octanol–water partition coefficient (Wildman–Crippen LogP) is 6.46. The van der Waals surface area contributed by atoms with Gasteiger partial charge in [0.2, 0.25) is 0 Å². The molecule has 158 valence electrons. The molecule has 0 aliphatic heterocycles. The van der Waals surface area contributed by atoms with Crippen LogP contribution in [-0.4, -0.2) is 23.3 Å². The molecule has 0 fully saturated rings. The number of rotatable bonds is 9. The Balaban J connectivity index is 2.30. The monoisotopic (exact) mass is 411 g/mol. The Morgan fingerprint density at radius 1 is 1.03 bits per heavy atom. The minimum absolute atomic E-state index is 0.0703. The molecule has 2 atom stereocenters. The zero-order valence-electron chi connectivity index (χ0n) is 19.1. The van der Waals surface area contributed by atoms with Gasteiger partial charge in [-0.05, 0) is 36.4 Å². The van der Waals surface area contributed by atoms with Gasteiger partial charge in [-0.15, -0.1) is 11.0 Å². The van der Waals surface area contributed by atoms with Crippen LogP contribution in [0, 0.1) is 11.5 Å². The summed E-state index contributed by atoms with van der Waals surface area (Å²) >= 11 is 0. The van der Waals surface area contributed by atoms with Crippen LogP contribution in [0.3, 0.4) is 0 Å². The third-order valence-electron chi connectivity index (χ3n) is 5.62. The van der Waals surface area contributed by atoms with Gasteiger partial charge in [0, 0.05) is 6.42 Å². The van der Waals surface area contributed by atoms with Crippen LogP contribution in [0.25, 0.3) is 0 Å². The first-order chi connectivity index (χ1) is 13.9. The second-order valence-corrected chi connectivity index (χ2v) is 12.8. The summed E-state index contributed by atoms with van der Waals surface area (Å²) < 4.78 is 8.83. The average Bonchev–Trinajstić information content (AvgIpc) is 3.20. The molecule has 0 saturated heterocycles. The van der Waals surface area contributed by atoms with Crippen molar-refractivity contribution >= 4 is 8.32 Å². The summed E-state index contributed by atoms with van der Waals surface area (Å²) in [6, 6.07) is 10.5. The fourth-order valence-electron chi connectivity index (χ4n) is 3.68. The maximum absolute atomic E-state index is 6.89. The maximum Gasteiger partial charge on any atom is 0.277 e. The highest BCUT2D eigenvalue weighted by Gasteiger charge is 2.43. The minimum atomic E-state index is -2.27. The molecule has 29 heavy (non-hydrogen) atoms. The van der Waals surface area contributed by atoms with Gasteiger partial charge in [0.05, 0.1) is 18.3 Å². The molecule has 0 unspecified atom stereocenters. The zero-order valence-corrected chi connectivity index (χ0v) is 20.1. The molecular weight excluding hydrogens is 374 g/mol. The molecule has 4 nitrogen and oxygen atoms in total. The van der Waals surface area contributed by atoms with Crippen molar-refractivity contribution in [3.63, 3.8) is 0 Å². The Labute approximate surface area is 178 Å². The van der Waals surface area contributed by atoms with E-state index in [2.05, 4.69) is 94.5 Å². The molecule has 5 heteroatoms. The third-order valence-corrected chi connectivity index (χ3v) is 10.3. The standard InChI is InChI=1S/C24H37N3OSi/c1-8-10-14-17-29(19(3)4,20(5)6)28-24(9-2)23-18-27(26-25-23)21(7)22-15-12-11-13-16-22/h11-13,15-16,18-21,24H,8-10H2,1-7H3/t21-,24-/m1/s1. The lowest BCUT2D eigenvalue weighted by molar-refractivity contribution is 0.179. The highest BCUT2D eigenvalue weighted by atomic mass is 28.4. The number of hydrogen-bond acceptors (Lipinski definition) is 3. The molecule has 0 aliphatic carbocycles. The molecule has 0 N–H and O–H groups in total. The van der Waals surface area contributed by atoms with Gasteiger partial charge in [0.25, 0.3) is 8.32 Å². The molecule has 2 aromatic rings. The van der Waals surface area contributed by atoms with Crippen LogP contribution in [0.4, 0.5) is 0 Å². The summed E-state index contributed by atoms with van der Waals surface area (Å²) in [7, 11) is -2.27. The summed E-state index contributed by atoms with van der Waals surface area (Å²) in [5.74, 6) is 3.41. The first-order valence-corrected chi connectivity index (χ1v) is 13.1. The van der Waals surface area contributed by atoms with Gasteiger partial charge in [0.15, 0.2) is 0 Å². The van der Waals surface area contributed by atoms with E-state index < -0.39 is 8.32 Å². The van der Waals surface area contributed by atoms with Crippen LogP contribution in [0.5, 0.6) is 0 Å². The number of unbranched alkanes of at least 4 members (excludes halogenated alkanes) is 1. The van der Waals surface area contributed by atoms with Crippen molar-refractivity contribution in [2.24, 2.45) is 0 Å². The van der Waals surface area contributed by atoms with E-state index in [0.29, 0.717) is 11.1 Å². The van der Waals surface area contributed by atoms with Crippen LogP contribution in [0.15, 0.2) is 36.5 Å². The van der Waals surface area contributed by atoms with Crippen molar-refractivity contribution in [3.05, 3.63) is 47.8 Å². The van der Waals surface area contributed by atoms with Crippen molar-refractivity contribution in [1.29, 1.82) is 0 Å². The predicted molar refractivity (Wildman–Crippen MR) is 123 cm³/mol. The summed E-state index contributed by atoms with van der Waals surface area (Å²) in [6.07, 6.45) is 4.85. The fourth-order valence-corrected chi connectivity index (χ4v) is 7.36. The van der Waals surface area contributed by atoms with Gasteiger partial charge < -0.3 is 4.43 Å². The van der Waals surface area contributed by atoms with Crippen LogP contribution in [0.2, 0.25) is 11.1 Å². The zero-order chi connectivity index (χ0) is 21.4.